The molecule has 0 aliphatic carbocycles. The van der Waals surface area contributed by atoms with Crippen LogP contribution in [0.5, 0.6) is 0 Å². The van der Waals surface area contributed by atoms with Gasteiger partial charge >= 0.3 is 0 Å². The molecular formula is C74H47N3S2. The van der Waals surface area contributed by atoms with Crippen molar-refractivity contribution in [1.82, 2.24) is 4.57 Å². The fourth-order valence-electron chi connectivity index (χ4n) is 12.1. The topological polar surface area (TPSA) is 11.4 Å². The van der Waals surface area contributed by atoms with E-state index in [0.29, 0.717) is 0 Å². The van der Waals surface area contributed by atoms with E-state index in [1.807, 2.05) is 22.7 Å². The lowest BCUT2D eigenvalue weighted by Crippen LogP contribution is -2.13. The maximum atomic E-state index is 2.47. The summed E-state index contributed by atoms with van der Waals surface area (Å²) in [6.45, 7) is 0. The van der Waals surface area contributed by atoms with Gasteiger partial charge in [0.05, 0.1) is 11.0 Å². The van der Waals surface area contributed by atoms with Gasteiger partial charge in [0.25, 0.3) is 0 Å². The molecule has 0 N–H and O–H groups in total. The first-order valence-corrected chi connectivity index (χ1v) is 28.5. The van der Waals surface area contributed by atoms with Crippen LogP contribution in [-0.4, -0.2) is 4.57 Å². The smallest absolute Gasteiger partial charge is 0.0541 e. The minimum absolute atomic E-state index is 1.05. The second-order valence-corrected chi connectivity index (χ2v) is 22.7. The van der Waals surface area contributed by atoms with Crippen LogP contribution < -0.4 is 9.80 Å². The molecule has 0 spiro atoms. The number of fused-ring (bicyclic) bond motifs is 11. The molecule has 16 rings (SSSR count). The number of rotatable bonds is 9. The summed E-state index contributed by atoms with van der Waals surface area (Å²) < 4.78 is 7.51. The van der Waals surface area contributed by atoms with E-state index in [0.717, 1.165) is 56.5 Å². The highest BCUT2D eigenvalue weighted by Crippen LogP contribution is 2.48. The van der Waals surface area contributed by atoms with Crippen molar-refractivity contribution < 1.29 is 0 Å². The zero-order chi connectivity index (χ0) is 52.0. The first-order valence-electron chi connectivity index (χ1n) is 26.9. The number of para-hydroxylation sites is 1. The third-order valence-electron chi connectivity index (χ3n) is 15.9. The summed E-state index contributed by atoms with van der Waals surface area (Å²) in [5, 5.41) is 12.3. The van der Waals surface area contributed by atoms with Gasteiger partial charge in [-0.3, -0.25) is 0 Å². The Labute approximate surface area is 465 Å². The van der Waals surface area contributed by atoms with Crippen LogP contribution in [0.25, 0.3) is 112 Å². The van der Waals surface area contributed by atoms with E-state index in [9.17, 15) is 0 Å². The molecule has 0 fully saturated rings. The Morgan fingerprint density at radius 3 is 1.27 bits per heavy atom. The molecule has 0 atom stereocenters. The normalized spacial score (nSPS) is 11.8. The summed E-state index contributed by atoms with van der Waals surface area (Å²) in [6.07, 6.45) is 0. The molecule has 370 valence electrons. The van der Waals surface area contributed by atoms with E-state index in [1.54, 1.807) is 0 Å². The Bertz CT molecular complexity index is 4830. The van der Waals surface area contributed by atoms with Crippen LogP contribution in [0, 0.1) is 0 Å². The molecule has 3 heterocycles. The molecule has 0 amide bonds. The summed E-state index contributed by atoms with van der Waals surface area (Å²) in [7, 11) is 0. The van der Waals surface area contributed by atoms with Crippen molar-refractivity contribution in [2.75, 3.05) is 9.80 Å². The average molecular weight is 1040 g/mol. The number of anilines is 6. The van der Waals surface area contributed by atoms with Gasteiger partial charge in [0.2, 0.25) is 0 Å². The van der Waals surface area contributed by atoms with Gasteiger partial charge in [0.15, 0.2) is 0 Å². The van der Waals surface area contributed by atoms with Gasteiger partial charge in [-0.2, -0.15) is 0 Å². The minimum Gasteiger partial charge on any atom is -0.310 e. The van der Waals surface area contributed by atoms with E-state index in [2.05, 4.69) is 299 Å². The highest BCUT2D eigenvalue weighted by molar-refractivity contribution is 7.26. The molecule has 3 aromatic heterocycles. The number of hydrogen-bond acceptors (Lipinski definition) is 4. The molecule has 0 saturated heterocycles. The van der Waals surface area contributed by atoms with Crippen LogP contribution in [0.2, 0.25) is 0 Å². The lowest BCUT2D eigenvalue weighted by Gasteiger charge is -2.31. The maximum absolute atomic E-state index is 2.47. The highest BCUT2D eigenvalue weighted by Gasteiger charge is 2.23. The first kappa shape index (κ1) is 45.4. The molecule has 0 aliphatic heterocycles. The van der Waals surface area contributed by atoms with Crippen LogP contribution in [0.3, 0.4) is 0 Å². The van der Waals surface area contributed by atoms with E-state index < -0.39 is 0 Å². The van der Waals surface area contributed by atoms with Crippen molar-refractivity contribution in [2.24, 2.45) is 0 Å². The highest BCUT2D eigenvalue weighted by atomic mass is 32.1. The van der Waals surface area contributed by atoms with Gasteiger partial charge in [-0.25, -0.2) is 0 Å². The van der Waals surface area contributed by atoms with Crippen molar-refractivity contribution in [1.29, 1.82) is 0 Å². The molecule has 3 nitrogen and oxygen atoms in total. The van der Waals surface area contributed by atoms with E-state index in [-0.39, 0.29) is 0 Å². The van der Waals surface area contributed by atoms with Crippen LogP contribution in [0.1, 0.15) is 0 Å². The first-order chi connectivity index (χ1) is 39.1. The number of hydrogen-bond donors (Lipinski definition) is 0. The van der Waals surface area contributed by atoms with Gasteiger partial charge in [-0.1, -0.05) is 176 Å². The summed E-state index contributed by atoms with van der Waals surface area (Å²) in [5.41, 5.74) is 14.6. The second-order valence-electron chi connectivity index (χ2n) is 20.5. The van der Waals surface area contributed by atoms with Crippen molar-refractivity contribution >= 4 is 140 Å². The molecule has 5 heteroatoms. The average Bonchev–Trinajstić information content (AvgIpc) is 4.27. The largest absolute Gasteiger partial charge is 0.310 e. The van der Waals surface area contributed by atoms with Crippen LogP contribution in [0.15, 0.2) is 285 Å². The standard InChI is InChI=1S/C74H47N3S2/c1-2-14-48(15-3-1)51-26-31-56(32-27-51)77-69-23-11-8-20-63(69)68-44-54(30-39-70(68)77)55-42-61(75(57-33-28-49-16-4-6-18-52(49)40-57)59-35-37-66-64-21-9-12-24-71(64)78-73(66)46-59)45-62(43-55)76(58-34-29-50-17-5-7-19-53(50)41-58)60-36-38-67-65-22-10-13-25-72(65)79-74(67)47-60/h1-47H. The molecule has 79 heavy (non-hydrogen) atoms. The number of aromatic nitrogens is 1. The Morgan fingerprint density at radius 2 is 0.671 bits per heavy atom. The van der Waals surface area contributed by atoms with Crippen molar-refractivity contribution in [3.05, 3.63) is 285 Å². The predicted octanol–water partition coefficient (Wildman–Crippen LogP) is 22.1. The Hall–Kier alpha value is -9.78. The van der Waals surface area contributed by atoms with Gasteiger partial charge < -0.3 is 14.4 Å². The Balaban J connectivity index is 0.949. The van der Waals surface area contributed by atoms with Crippen molar-refractivity contribution in [2.45, 2.75) is 0 Å². The van der Waals surface area contributed by atoms with Gasteiger partial charge in [-0.05, 0) is 153 Å². The third-order valence-corrected chi connectivity index (χ3v) is 18.1. The summed E-state index contributed by atoms with van der Waals surface area (Å²) in [4.78, 5) is 4.95. The van der Waals surface area contributed by atoms with E-state index in [1.165, 1.54) is 89.3 Å². The summed E-state index contributed by atoms with van der Waals surface area (Å²) in [6, 6.07) is 106. The lowest BCUT2D eigenvalue weighted by atomic mass is 9.99. The van der Waals surface area contributed by atoms with Crippen molar-refractivity contribution in [3.8, 4) is 27.9 Å². The third kappa shape index (κ3) is 7.77. The minimum atomic E-state index is 1.05. The van der Waals surface area contributed by atoms with Gasteiger partial charge in [0, 0.05) is 90.9 Å². The van der Waals surface area contributed by atoms with Crippen molar-refractivity contribution in [3.63, 3.8) is 0 Å². The molecule has 0 bridgehead atoms. The molecular weight excluding hydrogens is 995 g/mol. The molecule has 16 aromatic rings. The zero-order valence-corrected chi connectivity index (χ0v) is 44.4. The molecule has 0 saturated carbocycles. The van der Waals surface area contributed by atoms with Gasteiger partial charge in [0.1, 0.15) is 0 Å². The summed E-state index contributed by atoms with van der Waals surface area (Å²) >= 11 is 3.72. The zero-order valence-electron chi connectivity index (χ0n) is 42.8. The predicted molar refractivity (Wildman–Crippen MR) is 342 cm³/mol. The lowest BCUT2D eigenvalue weighted by molar-refractivity contribution is 1.18. The molecule has 13 aromatic carbocycles. The van der Waals surface area contributed by atoms with Crippen LogP contribution >= 0.6 is 22.7 Å². The maximum Gasteiger partial charge on any atom is 0.0541 e. The monoisotopic (exact) mass is 1040 g/mol. The fraction of sp³-hybridized carbons (Fsp3) is 0. The quantitative estimate of drug-likeness (QED) is 0.143. The number of benzene rings is 13. The number of thiophene rings is 2. The Kier molecular flexibility index (Phi) is 10.6. The fourth-order valence-corrected chi connectivity index (χ4v) is 14.4. The summed E-state index contributed by atoms with van der Waals surface area (Å²) in [5.74, 6) is 0. The SMILES string of the molecule is c1ccc(-c2ccc(-n3c4ccccc4c4cc(-c5cc(N(c6ccc7ccccc7c6)c6ccc7c(c6)sc6ccccc67)cc(N(c6ccc7ccccc7c6)c6ccc7c(c6)sc6ccccc67)c5)ccc43)cc2)cc1. The van der Waals surface area contributed by atoms with Gasteiger partial charge in [-0.15, -0.1) is 22.7 Å². The molecule has 0 unspecified atom stereocenters. The molecule has 0 radical (unpaired) electrons. The second kappa shape index (κ2) is 18.5. The number of nitrogens with zero attached hydrogens (tertiary/aromatic N) is 3. The molecule has 0 aliphatic rings. The Morgan fingerprint density at radius 1 is 0.228 bits per heavy atom. The van der Waals surface area contributed by atoms with Crippen LogP contribution in [0.4, 0.5) is 34.1 Å². The van der Waals surface area contributed by atoms with Crippen LogP contribution in [-0.2, 0) is 0 Å². The van der Waals surface area contributed by atoms with E-state index in [4.69, 9.17) is 0 Å². The van der Waals surface area contributed by atoms with E-state index >= 15 is 0 Å².